The van der Waals surface area contributed by atoms with Crippen LogP contribution in [0.2, 0.25) is 0 Å². The highest BCUT2D eigenvalue weighted by Crippen LogP contribution is 2.41. The highest BCUT2D eigenvalue weighted by molar-refractivity contribution is 5.86. The first-order valence-electron chi connectivity index (χ1n) is 9.20. The number of esters is 1. The number of hydrogen-bond acceptors (Lipinski definition) is 8. The quantitative estimate of drug-likeness (QED) is 0.696. The molecule has 156 valence electrons. The Morgan fingerprint density at radius 1 is 1.24 bits per heavy atom. The van der Waals surface area contributed by atoms with Gasteiger partial charge in [0, 0.05) is 31.1 Å². The number of rotatable bonds is 6. The third kappa shape index (κ3) is 4.51. The molecule has 3 heterocycles. The first-order chi connectivity index (χ1) is 13.8. The fraction of sp³-hybridized carbons (Fsp3) is 0.450. The van der Waals surface area contributed by atoms with E-state index in [-0.39, 0.29) is 30.4 Å². The molecule has 0 aliphatic carbocycles. The van der Waals surface area contributed by atoms with Gasteiger partial charge in [-0.3, -0.25) is 9.59 Å². The normalized spacial score (nSPS) is 15.7. The van der Waals surface area contributed by atoms with Crippen molar-refractivity contribution in [3.05, 3.63) is 51.5 Å². The molecule has 9 heteroatoms. The summed E-state index contributed by atoms with van der Waals surface area (Å²) in [5.41, 5.74) is -1.39. The van der Waals surface area contributed by atoms with E-state index in [9.17, 15) is 19.5 Å². The zero-order valence-corrected chi connectivity index (χ0v) is 16.3. The van der Waals surface area contributed by atoms with Crippen LogP contribution >= 0.6 is 0 Å². The van der Waals surface area contributed by atoms with Gasteiger partial charge in [-0.15, -0.1) is 0 Å². The number of amides is 1. The van der Waals surface area contributed by atoms with Gasteiger partial charge in [0.2, 0.25) is 22.8 Å². The molecule has 0 saturated carbocycles. The van der Waals surface area contributed by atoms with Gasteiger partial charge in [-0.25, -0.2) is 4.79 Å². The maximum absolute atomic E-state index is 12.7. The monoisotopic (exact) mass is 405 g/mol. The van der Waals surface area contributed by atoms with Gasteiger partial charge in [0.1, 0.15) is 11.5 Å². The molecule has 1 aliphatic rings. The summed E-state index contributed by atoms with van der Waals surface area (Å²) >= 11 is 0. The number of carbonyl (C=O) groups excluding carboxylic acids is 2. The fourth-order valence-corrected chi connectivity index (χ4v) is 3.45. The Morgan fingerprint density at radius 2 is 1.97 bits per heavy atom. The van der Waals surface area contributed by atoms with Crippen molar-refractivity contribution in [3.63, 3.8) is 0 Å². The second-order valence-corrected chi connectivity index (χ2v) is 7.00. The zero-order chi connectivity index (χ0) is 21.0. The lowest BCUT2D eigenvalue weighted by atomic mass is 9.74. The molecule has 1 fully saturated rings. The van der Waals surface area contributed by atoms with E-state index in [2.05, 4.69) is 10.1 Å². The van der Waals surface area contributed by atoms with Gasteiger partial charge >= 0.3 is 5.97 Å². The molecule has 3 rings (SSSR count). The number of hydrogen-bond donors (Lipinski definition) is 2. The molecule has 0 bridgehead atoms. The average Bonchev–Trinajstić information content (AvgIpc) is 3.18. The summed E-state index contributed by atoms with van der Waals surface area (Å²) in [6, 6.07) is 4.25. The van der Waals surface area contributed by atoms with Gasteiger partial charge in [0.25, 0.3) is 0 Å². The van der Waals surface area contributed by atoms with Crippen LogP contribution in [0.15, 0.2) is 31.8 Å². The Kier molecular flexibility index (Phi) is 6.07. The molecular weight excluding hydrogens is 382 g/mol. The molecule has 29 heavy (non-hydrogen) atoms. The molecule has 1 amide bonds. The molecule has 1 saturated heterocycles. The van der Waals surface area contributed by atoms with Gasteiger partial charge in [-0.2, -0.15) is 0 Å². The summed E-state index contributed by atoms with van der Waals surface area (Å²) in [6.45, 7) is 2.45. The minimum Gasteiger partial charge on any atom is -0.502 e. The van der Waals surface area contributed by atoms with Crippen molar-refractivity contribution in [3.8, 4) is 5.75 Å². The summed E-state index contributed by atoms with van der Waals surface area (Å²) in [7, 11) is 1.25. The van der Waals surface area contributed by atoms with Crippen molar-refractivity contribution in [1.82, 2.24) is 5.32 Å². The number of ether oxygens (including phenoxy) is 2. The Balaban J connectivity index is 1.75. The number of carbonyl (C=O) groups is 2. The van der Waals surface area contributed by atoms with Crippen LogP contribution in [0, 0.1) is 6.92 Å². The molecule has 2 N–H and O–H groups in total. The van der Waals surface area contributed by atoms with E-state index in [1.54, 1.807) is 13.0 Å². The van der Waals surface area contributed by atoms with Crippen LogP contribution in [0.25, 0.3) is 0 Å². The second kappa shape index (κ2) is 8.52. The van der Waals surface area contributed by atoms with Gasteiger partial charge in [0.05, 0.1) is 13.7 Å². The Morgan fingerprint density at radius 3 is 2.66 bits per heavy atom. The van der Waals surface area contributed by atoms with Crippen molar-refractivity contribution in [2.75, 3.05) is 20.3 Å². The minimum absolute atomic E-state index is 0.000874. The lowest BCUT2D eigenvalue weighted by Gasteiger charge is -2.35. The van der Waals surface area contributed by atoms with Gasteiger partial charge in [-0.1, -0.05) is 0 Å². The standard InChI is InChI=1S/C20H23NO8/c1-12-9-14(22)17(24)18(28-12)20(5-7-27-8-6-20)10-16(23)21-11-13-3-4-15(29-13)19(25)26-2/h3-4,9,24H,5-8,10-11H2,1-2H3,(H,21,23). The van der Waals surface area contributed by atoms with E-state index in [4.69, 9.17) is 13.6 Å². The molecule has 1 aliphatic heterocycles. The first-order valence-corrected chi connectivity index (χ1v) is 9.20. The van der Waals surface area contributed by atoms with Crippen molar-refractivity contribution in [2.24, 2.45) is 0 Å². The Labute approximate surface area is 166 Å². The Hall–Kier alpha value is -3.07. The predicted molar refractivity (Wildman–Crippen MR) is 99.6 cm³/mol. The van der Waals surface area contributed by atoms with Crippen molar-refractivity contribution >= 4 is 11.9 Å². The number of furan rings is 1. The highest BCUT2D eigenvalue weighted by atomic mass is 16.5. The van der Waals surface area contributed by atoms with Gasteiger partial charge in [0.15, 0.2) is 5.76 Å². The number of aromatic hydroxyl groups is 1. The van der Waals surface area contributed by atoms with Crippen LogP contribution in [-0.2, 0) is 26.2 Å². The largest absolute Gasteiger partial charge is 0.502 e. The number of aryl methyl sites for hydroxylation is 1. The maximum Gasteiger partial charge on any atom is 0.373 e. The molecule has 0 aromatic carbocycles. The van der Waals surface area contributed by atoms with Crippen molar-refractivity contribution in [1.29, 1.82) is 0 Å². The summed E-state index contributed by atoms with van der Waals surface area (Å²) < 4.78 is 21.0. The smallest absolute Gasteiger partial charge is 0.373 e. The summed E-state index contributed by atoms with van der Waals surface area (Å²) in [6.07, 6.45) is 0.849. The molecule has 2 aromatic heterocycles. The molecule has 0 atom stereocenters. The number of nitrogens with one attached hydrogen (secondary N) is 1. The minimum atomic E-state index is -0.849. The van der Waals surface area contributed by atoms with Crippen LogP contribution in [0.4, 0.5) is 0 Å². The van der Waals surface area contributed by atoms with Crippen molar-refractivity contribution in [2.45, 2.75) is 38.1 Å². The van der Waals surface area contributed by atoms with E-state index in [1.165, 1.54) is 19.2 Å². The van der Waals surface area contributed by atoms with E-state index < -0.39 is 22.6 Å². The fourth-order valence-electron chi connectivity index (χ4n) is 3.45. The highest BCUT2D eigenvalue weighted by Gasteiger charge is 2.42. The molecule has 2 aromatic rings. The third-order valence-electron chi connectivity index (χ3n) is 4.98. The predicted octanol–water partition coefficient (Wildman–Crippen LogP) is 1.79. The molecular formula is C20H23NO8. The second-order valence-electron chi connectivity index (χ2n) is 7.00. The lowest BCUT2D eigenvalue weighted by Crippen LogP contribution is -2.40. The maximum atomic E-state index is 12.7. The van der Waals surface area contributed by atoms with Gasteiger partial charge < -0.3 is 28.7 Å². The summed E-state index contributed by atoms with van der Waals surface area (Å²) in [5, 5.41) is 13.0. The van der Waals surface area contributed by atoms with Crippen molar-refractivity contribution < 1.29 is 33.0 Å². The zero-order valence-electron chi connectivity index (χ0n) is 16.3. The molecule has 0 spiro atoms. The van der Waals surface area contributed by atoms with E-state index in [0.29, 0.717) is 37.6 Å². The SMILES string of the molecule is COC(=O)c1ccc(CNC(=O)CC2(c3oc(C)cc(=O)c3O)CCOCC2)o1. The topological polar surface area (TPSA) is 128 Å². The average molecular weight is 405 g/mol. The Bertz CT molecular complexity index is 952. The third-order valence-corrected chi connectivity index (χ3v) is 4.98. The van der Waals surface area contributed by atoms with Crippen LogP contribution in [-0.4, -0.2) is 37.3 Å². The molecule has 0 radical (unpaired) electrons. The van der Waals surface area contributed by atoms with Crippen LogP contribution in [0.3, 0.4) is 0 Å². The van der Waals surface area contributed by atoms with Crippen LogP contribution in [0.1, 0.15) is 47.1 Å². The van der Waals surface area contributed by atoms with Gasteiger partial charge in [-0.05, 0) is 31.9 Å². The van der Waals surface area contributed by atoms with Crippen LogP contribution < -0.4 is 10.7 Å². The van der Waals surface area contributed by atoms with Crippen LogP contribution in [0.5, 0.6) is 5.75 Å². The van der Waals surface area contributed by atoms with E-state index >= 15 is 0 Å². The summed E-state index contributed by atoms with van der Waals surface area (Å²) in [5.74, 6) is -0.472. The molecule has 9 nitrogen and oxygen atoms in total. The first kappa shape index (κ1) is 20.7. The molecule has 0 unspecified atom stereocenters. The summed E-state index contributed by atoms with van der Waals surface area (Å²) in [4.78, 5) is 36.1. The van der Waals surface area contributed by atoms with E-state index in [0.717, 1.165) is 0 Å². The van der Waals surface area contributed by atoms with E-state index in [1.807, 2.05) is 0 Å². The number of methoxy groups -OCH3 is 1. The lowest BCUT2D eigenvalue weighted by molar-refractivity contribution is -0.123.